The standard InChI is InChI=1S/C15H23N5O4/c1-3-9(21)6-5-7-24-14(10(22)4-2)20-8-17-11-12(20)18-15(16)19-13(11)23/h14,17H,3-8H2,1-2H3,(H3,16,18,19,23). The number of nitrogens with zero attached hydrogens (tertiary/aromatic N) is 2. The van der Waals surface area contributed by atoms with Crippen LogP contribution in [0.2, 0.25) is 0 Å². The fourth-order valence-corrected chi connectivity index (χ4v) is 2.45. The Kier molecular flexibility index (Phi) is 5.91. The molecule has 9 heteroatoms. The van der Waals surface area contributed by atoms with Gasteiger partial charge in [-0.25, -0.2) is 0 Å². The molecule has 1 unspecified atom stereocenters. The number of hydrogen-bond donors (Lipinski definition) is 3. The van der Waals surface area contributed by atoms with E-state index in [9.17, 15) is 14.4 Å². The number of H-pyrrole nitrogens is 1. The van der Waals surface area contributed by atoms with Crippen molar-refractivity contribution in [2.45, 2.75) is 45.8 Å². The monoisotopic (exact) mass is 337 g/mol. The van der Waals surface area contributed by atoms with Gasteiger partial charge in [-0.3, -0.25) is 19.4 Å². The lowest BCUT2D eigenvalue weighted by Gasteiger charge is -2.27. The van der Waals surface area contributed by atoms with Gasteiger partial charge in [-0.05, 0) is 6.42 Å². The van der Waals surface area contributed by atoms with Gasteiger partial charge in [0.05, 0.1) is 13.3 Å². The van der Waals surface area contributed by atoms with E-state index in [1.807, 2.05) is 6.92 Å². The Morgan fingerprint density at radius 3 is 2.79 bits per heavy atom. The summed E-state index contributed by atoms with van der Waals surface area (Å²) in [4.78, 5) is 43.6. The molecule has 2 rings (SSSR count). The lowest BCUT2D eigenvalue weighted by Crippen LogP contribution is -2.43. The zero-order chi connectivity index (χ0) is 17.7. The molecule has 0 bridgehead atoms. The zero-order valence-electron chi connectivity index (χ0n) is 13.9. The normalized spacial score (nSPS) is 14.2. The number of aromatic amines is 1. The number of carbonyl (C=O) groups is 2. The molecule has 0 saturated carbocycles. The highest BCUT2D eigenvalue weighted by Crippen LogP contribution is 2.28. The van der Waals surface area contributed by atoms with Crippen LogP contribution in [0.25, 0.3) is 0 Å². The van der Waals surface area contributed by atoms with E-state index in [1.165, 1.54) is 0 Å². The topological polar surface area (TPSA) is 130 Å². The minimum atomic E-state index is -0.867. The second-order valence-electron chi connectivity index (χ2n) is 5.49. The van der Waals surface area contributed by atoms with E-state index in [0.717, 1.165) is 0 Å². The number of anilines is 3. The number of nitrogens with one attached hydrogen (secondary N) is 2. The van der Waals surface area contributed by atoms with Gasteiger partial charge < -0.3 is 20.7 Å². The summed E-state index contributed by atoms with van der Waals surface area (Å²) in [6.07, 6.45) is 0.868. The average Bonchev–Trinajstić information content (AvgIpc) is 2.97. The second kappa shape index (κ2) is 7.91. The Bertz CT molecular complexity index is 672. The number of nitrogens with two attached hydrogens (primary N) is 1. The molecule has 4 N–H and O–H groups in total. The van der Waals surface area contributed by atoms with Crippen molar-refractivity contribution in [1.82, 2.24) is 9.97 Å². The first-order valence-electron chi connectivity index (χ1n) is 8.04. The maximum atomic E-state index is 12.3. The zero-order valence-corrected chi connectivity index (χ0v) is 13.9. The third-order valence-corrected chi connectivity index (χ3v) is 3.79. The number of fused-ring (bicyclic) bond motifs is 1. The lowest BCUT2D eigenvalue weighted by molar-refractivity contribution is -0.130. The predicted octanol–water partition coefficient (Wildman–Crippen LogP) is 0.623. The summed E-state index contributed by atoms with van der Waals surface area (Å²) in [5.41, 5.74) is 5.46. The number of ketones is 2. The molecule has 1 aliphatic rings. The number of carbonyl (C=O) groups excluding carboxylic acids is 2. The molecule has 2 heterocycles. The van der Waals surface area contributed by atoms with Crippen LogP contribution < -0.4 is 21.5 Å². The quantitative estimate of drug-likeness (QED) is 0.559. The minimum absolute atomic E-state index is 0.0244. The van der Waals surface area contributed by atoms with E-state index >= 15 is 0 Å². The van der Waals surface area contributed by atoms with Crippen LogP contribution in [0.1, 0.15) is 39.5 Å². The van der Waals surface area contributed by atoms with Crippen molar-refractivity contribution >= 4 is 29.0 Å². The first-order valence-corrected chi connectivity index (χ1v) is 8.04. The van der Waals surface area contributed by atoms with Crippen molar-refractivity contribution < 1.29 is 14.3 Å². The van der Waals surface area contributed by atoms with Crippen LogP contribution in [-0.2, 0) is 14.3 Å². The van der Waals surface area contributed by atoms with Gasteiger partial charge in [0, 0.05) is 19.3 Å². The van der Waals surface area contributed by atoms with Gasteiger partial charge in [-0.1, -0.05) is 13.8 Å². The maximum Gasteiger partial charge on any atom is 0.277 e. The minimum Gasteiger partial charge on any atom is -0.369 e. The molecule has 1 aliphatic heterocycles. The molecule has 132 valence electrons. The number of nitrogen functional groups attached to an aromatic ring is 1. The maximum absolute atomic E-state index is 12.3. The van der Waals surface area contributed by atoms with Gasteiger partial charge in [-0.15, -0.1) is 0 Å². The van der Waals surface area contributed by atoms with Crippen LogP contribution in [0.5, 0.6) is 0 Å². The molecule has 24 heavy (non-hydrogen) atoms. The Morgan fingerprint density at radius 1 is 1.38 bits per heavy atom. The summed E-state index contributed by atoms with van der Waals surface area (Å²) < 4.78 is 5.70. The average molecular weight is 337 g/mol. The summed E-state index contributed by atoms with van der Waals surface area (Å²) in [7, 11) is 0. The summed E-state index contributed by atoms with van der Waals surface area (Å²) in [5.74, 6) is 0.301. The molecule has 1 aromatic rings. The first kappa shape index (κ1) is 17.9. The van der Waals surface area contributed by atoms with Crippen molar-refractivity contribution in [2.75, 3.05) is 29.2 Å². The first-order chi connectivity index (χ1) is 11.5. The van der Waals surface area contributed by atoms with Gasteiger partial charge in [0.15, 0.2) is 17.8 Å². The van der Waals surface area contributed by atoms with Crippen LogP contribution in [-0.4, -0.2) is 41.0 Å². The van der Waals surface area contributed by atoms with Crippen molar-refractivity contribution in [3.05, 3.63) is 10.4 Å². The largest absolute Gasteiger partial charge is 0.369 e. The fraction of sp³-hybridized carbons (Fsp3) is 0.600. The molecule has 0 radical (unpaired) electrons. The molecule has 0 fully saturated rings. The molecule has 9 nitrogen and oxygen atoms in total. The van der Waals surface area contributed by atoms with Crippen molar-refractivity contribution in [3.8, 4) is 0 Å². The second-order valence-corrected chi connectivity index (χ2v) is 5.49. The number of hydrogen-bond acceptors (Lipinski definition) is 8. The summed E-state index contributed by atoms with van der Waals surface area (Å²) in [6, 6.07) is 0. The van der Waals surface area contributed by atoms with Crippen molar-refractivity contribution in [3.63, 3.8) is 0 Å². The molecule has 0 aliphatic carbocycles. The lowest BCUT2D eigenvalue weighted by atomic mass is 10.2. The summed E-state index contributed by atoms with van der Waals surface area (Å²) in [5, 5.41) is 2.90. The van der Waals surface area contributed by atoms with Crippen LogP contribution >= 0.6 is 0 Å². The Balaban J connectivity index is 2.12. The van der Waals surface area contributed by atoms with E-state index in [0.29, 0.717) is 25.1 Å². The predicted molar refractivity (Wildman–Crippen MR) is 89.8 cm³/mol. The van der Waals surface area contributed by atoms with Crippen LogP contribution in [0, 0.1) is 0 Å². The molecular formula is C15H23N5O4. The number of aromatic nitrogens is 2. The van der Waals surface area contributed by atoms with Gasteiger partial charge in [0.25, 0.3) is 5.56 Å². The number of Topliss-reactive ketones (excluding diaryl/α,β-unsaturated/α-hetero) is 2. The van der Waals surface area contributed by atoms with Gasteiger partial charge in [0.1, 0.15) is 11.5 Å². The molecule has 0 amide bonds. The molecular weight excluding hydrogens is 314 g/mol. The number of rotatable bonds is 9. The van der Waals surface area contributed by atoms with Crippen molar-refractivity contribution in [1.29, 1.82) is 0 Å². The molecule has 0 spiro atoms. The van der Waals surface area contributed by atoms with Crippen LogP contribution in [0.4, 0.5) is 17.5 Å². The fourth-order valence-electron chi connectivity index (χ4n) is 2.45. The summed E-state index contributed by atoms with van der Waals surface area (Å²) >= 11 is 0. The van der Waals surface area contributed by atoms with E-state index in [4.69, 9.17) is 10.5 Å². The van der Waals surface area contributed by atoms with Crippen molar-refractivity contribution in [2.24, 2.45) is 0 Å². The Morgan fingerprint density at radius 2 is 2.12 bits per heavy atom. The number of ether oxygens (including phenoxy) is 1. The van der Waals surface area contributed by atoms with Gasteiger partial charge in [-0.2, -0.15) is 4.98 Å². The van der Waals surface area contributed by atoms with Crippen LogP contribution in [0.15, 0.2) is 4.79 Å². The Hall–Kier alpha value is -2.42. The van der Waals surface area contributed by atoms with E-state index in [1.54, 1.807) is 11.8 Å². The SMILES string of the molecule is CCC(=O)CCCOC(C(=O)CC)N1CNc2c1nc(N)[nH]c2=O. The molecule has 1 aromatic heterocycles. The highest BCUT2D eigenvalue weighted by Gasteiger charge is 2.33. The third kappa shape index (κ3) is 3.91. The third-order valence-electron chi connectivity index (χ3n) is 3.79. The smallest absolute Gasteiger partial charge is 0.277 e. The van der Waals surface area contributed by atoms with Crippen LogP contribution in [0.3, 0.4) is 0 Å². The molecule has 1 atom stereocenters. The Labute approximate surface area is 139 Å². The van der Waals surface area contributed by atoms with Gasteiger partial charge in [0.2, 0.25) is 5.95 Å². The van der Waals surface area contributed by atoms with Gasteiger partial charge >= 0.3 is 0 Å². The van der Waals surface area contributed by atoms with E-state index < -0.39 is 11.8 Å². The molecule has 0 aromatic carbocycles. The summed E-state index contributed by atoms with van der Waals surface area (Å²) in [6.45, 7) is 4.04. The van der Waals surface area contributed by atoms with E-state index in [-0.39, 0.29) is 42.9 Å². The molecule has 0 saturated heterocycles. The highest BCUT2D eigenvalue weighted by atomic mass is 16.5. The highest BCUT2D eigenvalue weighted by molar-refractivity contribution is 5.87. The van der Waals surface area contributed by atoms with E-state index in [2.05, 4.69) is 15.3 Å².